The minimum absolute atomic E-state index is 0.486. The maximum Gasteiger partial charge on any atom is 0.128 e. The smallest absolute Gasteiger partial charge is 0.128 e. The highest BCUT2D eigenvalue weighted by Gasteiger charge is 2.15. The number of benzene rings is 1. The van der Waals surface area contributed by atoms with Crippen LogP contribution in [0, 0.1) is 0 Å². The second-order valence-electron chi connectivity index (χ2n) is 3.75. The molecule has 18 heavy (non-hydrogen) atoms. The molecule has 0 aliphatic carbocycles. The Morgan fingerprint density at radius 1 is 1.33 bits per heavy atom. The Labute approximate surface area is 110 Å². The number of nitrogens with zero attached hydrogens (tertiary/aromatic N) is 1. The summed E-state index contributed by atoms with van der Waals surface area (Å²) in [6.45, 7) is 0. The summed E-state index contributed by atoms with van der Waals surface area (Å²) in [7, 11) is 3.18. The van der Waals surface area contributed by atoms with Crippen LogP contribution in [-0.4, -0.2) is 24.3 Å². The molecule has 1 atom stereocenters. The Bertz CT molecular complexity index is 499. The van der Waals surface area contributed by atoms with Gasteiger partial charge in [0.25, 0.3) is 0 Å². The molecule has 0 spiro atoms. The number of aliphatic hydroxyl groups is 1. The summed E-state index contributed by atoms with van der Waals surface area (Å²) in [4.78, 5) is 4.16. The van der Waals surface area contributed by atoms with E-state index in [0.717, 1.165) is 10.6 Å². The molecule has 96 valence electrons. The van der Waals surface area contributed by atoms with Crippen LogP contribution in [0.5, 0.6) is 11.5 Å². The second kappa shape index (κ2) is 5.84. The second-order valence-corrected chi connectivity index (χ2v) is 4.73. The molecule has 5 heteroatoms. The highest BCUT2D eigenvalue weighted by molar-refractivity contribution is 7.09. The average Bonchev–Trinajstić information content (AvgIpc) is 2.90. The summed E-state index contributed by atoms with van der Waals surface area (Å²) in [6.07, 6.45) is 1.59. The van der Waals surface area contributed by atoms with Crippen molar-refractivity contribution in [2.45, 2.75) is 12.5 Å². The molecule has 1 heterocycles. The lowest BCUT2D eigenvalue weighted by molar-refractivity contribution is 0.173. The van der Waals surface area contributed by atoms with E-state index in [1.807, 2.05) is 17.5 Å². The molecule has 2 aromatic rings. The first-order valence-corrected chi connectivity index (χ1v) is 6.41. The molecule has 1 N–H and O–H groups in total. The molecule has 1 aromatic heterocycles. The summed E-state index contributed by atoms with van der Waals surface area (Å²) >= 11 is 1.53. The van der Waals surface area contributed by atoms with Gasteiger partial charge in [0.15, 0.2) is 0 Å². The van der Waals surface area contributed by atoms with Crippen LogP contribution in [0.25, 0.3) is 0 Å². The predicted octanol–water partition coefficient (Wildman–Crippen LogP) is 2.44. The van der Waals surface area contributed by atoms with Crippen molar-refractivity contribution in [1.29, 1.82) is 0 Å². The number of hydrogen-bond acceptors (Lipinski definition) is 5. The van der Waals surface area contributed by atoms with E-state index < -0.39 is 6.10 Å². The summed E-state index contributed by atoms with van der Waals surface area (Å²) in [5.41, 5.74) is 0.744. The van der Waals surface area contributed by atoms with Crippen LogP contribution in [0.15, 0.2) is 29.8 Å². The summed E-state index contributed by atoms with van der Waals surface area (Å²) < 4.78 is 10.4. The molecular weight excluding hydrogens is 250 g/mol. The van der Waals surface area contributed by atoms with E-state index >= 15 is 0 Å². The van der Waals surface area contributed by atoms with Crippen molar-refractivity contribution in [1.82, 2.24) is 4.98 Å². The Hall–Kier alpha value is -1.59. The zero-order valence-corrected chi connectivity index (χ0v) is 11.1. The largest absolute Gasteiger partial charge is 0.497 e. The molecule has 0 aliphatic heterocycles. The fourth-order valence-electron chi connectivity index (χ4n) is 1.72. The van der Waals surface area contributed by atoms with E-state index in [1.165, 1.54) is 11.3 Å². The molecule has 0 saturated heterocycles. The van der Waals surface area contributed by atoms with Crippen molar-refractivity contribution < 1.29 is 14.6 Å². The zero-order chi connectivity index (χ0) is 13.0. The van der Waals surface area contributed by atoms with Gasteiger partial charge in [-0.05, 0) is 12.1 Å². The average molecular weight is 265 g/mol. The lowest BCUT2D eigenvalue weighted by Gasteiger charge is -2.14. The third kappa shape index (κ3) is 2.80. The van der Waals surface area contributed by atoms with E-state index in [2.05, 4.69) is 4.98 Å². The number of ether oxygens (including phenoxy) is 2. The first kappa shape index (κ1) is 12.9. The number of aromatic nitrogens is 1. The van der Waals surface area contributed by atoms with Crippen molar-refractivity contribution in [3.8, 4) is 11.5 Å². The molecule has 0 radical (unpaired) electrons. The van der Waals surface area contributed by atoms with Crippen molar-refractivity contribution in [2.24, 2.45) is 0 Å². The third-order valence-electron chi connectivity index (χ3n) is 2.65. The van der Waals surface area contributed by atoms with E-state index in [1.54, 1.807) is 26.5 Å². The normalized spacial score (nSPS) is 12.2. The van der Waals surface area contributed by atoms with Gasteiger partial charge in [0.2, 0.25) is 0 Å². The van der Waals surface area contributed by atoms with Gasteiger partial charge in [-0.2, -0.15) is 0 Å². The highest BCUT2D eigenvalue weighted by Crippen LogP contribution is 2.31. The predicted molar refractivity (Wildman–Crippen MR) is 70.3 cm³/mol. The molecule has 2 rings (SSSR count). The summed E-state index contributed by atoms with van der Waals surface area (Å²) in [5.74, 6) is 1.33. The third-order valence-corrected chi connectivity index (χ3v) is 3.45. The summed E-state index contributed by atoms with van der Waals surface area (Å²) in [6, 6.07) is 5.39. The van der Waals surface area contributed by atoms with E-state index in [4.69, 9.17) is 9.47 Å². The van der Waals surface area contributed by atoms with E-state index in [-0.39, 0.29) is 0 Å². The SMILES string of the molecule is COc1ccc(C(O)Cc2nccs2)c(OC)c1. The van der Waals surface area contributed by atoms with Crippen LogP contribution in [0.3, 0.4) is 0 Å². The number of aliphatic hydroxyl groups excluding tert-OH is 1. The number of hydrogen-bond donors (Lipinski definition) is 1. The van der Waals surface area contributed by atoms with Gasteiger partial charge in [0.1, 0.15) is 11.5 Å². The molecule has 0 bridgehead atoms. The van der Waals surface area contributed by atoms with Crippen molar-refractivity contribution in [2.75, 3.05) is 14.2 Å². The Kier molecular flexibility index (Phi) is 4.17. The Morgan fingerprint density at radius 2 is 2.17 bits per heavy atom. The van der Waals surface area contributed by atoms with Crippen LogP contribution in [0.4, 0.5) is 0 Å². The molecule has 0 saturated carbocycles. The molecule has 4 nitrogen and oxygen atoms in total. The minimum Gasteiger partial charge on any atom is -0.497 e. The van der Waals surface area contributed by atoms with Gasteiger partial charge in [-0.1, -0.05) is 0 Å². The van der Waals surface area contributed by atoms with Gasteiger partial charge < -0.3 is 14.6 Å². The molecule has 0 amide bonds. The van der Waals surface area contributed by atoms with Gasteiger partial charge in [0, 0.05) is 29.6 Å². The maximum absolute atomic E-state index is 10.2. The molecular formula is C13H15NO3S. The van der Waals surface area contributed by atoms with Crippen molar-refractivity contribution in [3.05, 3.63) is 40.3 Å². The monoisotopic (exact) mass is 265 g/mol. The standard InChI is InChI=1S/C13H15NO3S/c1-16-9-3-4-10(12(7-9)17-2)11(15)8-13-14-5-6-18-13/h3-7,11,15H,8H2,1-2H3. The number of methoxy groups -OCH3 is 2. The first-order valence-electron chi connectivity index (χ1n) is 5.53. The zero-order valence-electron chi connectivity index (χ0n) is 10.3. The topological polar surface area (TPSA) is 51.6 Å². The molecule has 0 aliphatic rings. The first-order chi connectivity index (χ1) is 8.74. The van der Waals surface area contributed by atoms with E-state index in [0.29, 0.717) is 17.9 Å². The molecule has 1 unspecified atom stereocenters. The Morgan fingerprint density at radius 3 is 2.78 bits per heavy atom. The Balaban J connectivity index is 2.21. The summed E-state index contributed by atoms with van der Waals surface area (Å²) in [5, 5.41) is 13.0. The molecule has 0 fully saturated rings. The van der Waals surface area contributed by atoms with Crippen LogP contribution < -0.4 is 9.47 Å². The van der Waals surface area contributed by atoms with Crippen molar-refractivity contribution >= 4 is 11.3 Å². The van der Waals surface area contributed by atoms with Crippen molar-refractivity contribution in [3.63, 3.8) is 0 Å². The van der Waals surface area contributed by atoms with Crippen LogP contribution in [0.1, 0.15) is 16.7 Å². The molecule has 1 aromatic carbocycles. The highest BCUT2D eigenvalue weighted by atomic mass is 32.1. The van der Waals surface area contributed by atoms with Crippen LogP contribution in [-0.2, 0) is 6.42 Å². The fourth-order valence-corrected chi connectivity index (χ4v) is 2.38. The quantitative estimate of drug-likeness (QED) is 0.902. The van der Waals surface area contributed by atoms with Gasteiger partial charge in [-0.15, -0.1) is 11.3 Å². The minimum atomic E-state index is -0.628. The fraction of sp³-hybridized carbons (Fsp3) is 0.308. The van der Waals surface area contributed by atoms with Gasteiger partial charge in [-0.25, -0.2) is 4.98 Å². The van der Waals surface area contributed by atoms with E-state index in [9.17, 15) is 5.11 Å². The van der Waals surface area contributed by atoms with Gasteiger partial charge in [-0.3, -0.25) is 0 Å². The van der Waals surface area contributed by atoms with Gasteiger partial charge >= 0.3 is 0 Å². The van der Waals surface area contributed by atoms with Gasteiger partial charge in [0.05, 0.1) is 25.3 Å². The maximum atomic E-state index is 10.2. The lowest BCUT2D eigenvalue weighted by Crippen LogP contribution is -2.04. The van der Waals surface area contributed by atoms with Crippen LogP contribution in [0.2, 0.25) is 0 Å². The number of thiazole rings is 1. The van der Waals surface area contributed by atoms with Crippen LogP contribution >= 0.6 is 11.3 Å². The number of rotatable bonds is 5. The lowest BCUT2D eigenvalue weighted by atomic mass is 10.1.